The molecule has 1 aromatic carbocycles. The molecule has 1 aliphatic carbocycles. The zero-order valence-electron chi connectivity index (χ0n) is 35.0. The number of para-hydroxylation sites is 1. The Morgan fingerprint density at radius 1 is 1.02 bits per heavy atom. The van der Waals surface area contributed by atoms with Crippen LogP contribution in [0.25, 0.3) is 16.7 Å². The van der Waals surface area contributed by atoms with E-state index in [1.54, 1.807) is 48.3 Å². The zero-order chi connectivity index (χ0) is 43.8. The van der Waals surface area contributed by atoms with Crippen LogP contribution in [0.1, 0.15) is 93.4 Å². The summed E-state index contributed by atoms with van der Waals surface area (Å²) in [7, 11) is 3.27. The molecule has 1 saturated carbocycles. The molecule has 4 aromatic heterocycles. The monoisotopic (exact) mass is 862 g/mol. The smallest absolute Gasteiger partial charge is 0.329 e. The average Bonchev–Trinajstić information content (AvgIpc) is 3.91. The van der Waals surface area contributed by atoms with Crippen molar-refractivity contribution in [1.82, 2.24) is 43.7 Å². The molecule has 4 aliphatic rings. The van der Waals surface area contributed by atoms with Gasteiger partial charge in [-0.3, -0.25) is 38.4 Å². The van der Waals surface area contributed by atoms with Gasteiger partial charge in [-0.2, -0.15) is 10.2 Å². The standard InChI is InChI=1S/C42H50F4N12O4/c1-41(2)21-55(22-41)32-15-17-56-37(49-32)26(18-47-56)38(60)48-27-20-57(51-34(27)36(43)44)25-10-8-24(9-11-25)19-52(3)31-14-16-54(23-42(31,45)46)28-6-5-7-29-35(28)53(4)40(62)58(29)30-12-13-33(59)50-39(30)61/h5-7,15,17-18,20,24-25,30-31,36H,8-14,16,19,21-23H2,1-4H3,(H,48,60)(H,50,59,61)/t24-,25-,30?,31?. The van der Waals surface area contributed by atoms with Crippen molar-refractivity contribution in [3.8, 4) is 0 Å². The summed E-state index contributed by atoms with van der Waals surface area (Å²) in [5.74, 6) is -3.90. The van der Waals surface area contributed by atoms with Crippen LogP contribution < -0.4 is 26.1 Å². The molecular weight excluding hydrogens is 813 g/mol. The van der Waals surface area contributed by atoms with E-state index >= 15 is 8.78 Å². The summed E-state index contributed by atoms with van der Waals surface area (Å²) >= 11 is 0. The number of fused-ring (bicyclic) bond motifs is 2. The number of nitrogens with zero attached hydrogens (tertiary/aromatic N) is 10. The summed E-state index contributed by atoms with van der Waals surface area (Å²) < 4.78 is 66.6. The molecular formula is C42H50F4N12O4. The quantitative estimate of drug-likeness (QED) is 0.142. The second kappa shape index (κ2) is 15.5. The van der Waals surface area contributed by atoms with E-state index in [2.05, 4.69) is 44.6 Å². The molecule has 3 saturated heterocycles. The molecule has 2 N–H and O–H groups in total. The summed E-state index contributed by atoms with van der Waals surface area (Å²) in [5, 5.41) is 13.4. The van der Waals surface area contributed by atoms with Crippen molar-refractivity contribution in [2.24, 2.45) is 18.4 Å². The fourth-order valence-electron chi connectivity index (χ4n) is 10.1. The number of alkyl halides is 4. The number of anilines is 3. The third-order valence-electron chi connectivity index (χ3n) is 13.2. The van der Waals surface area contributed by atoms with Crippen LogP contribution in [-0.2, 0) is 16.6 Å². The number of piperidine rings is 2. The lowest BCUT2D eigenvalue weighted by Crippen LogP contribution is -2.58. The number of amides is 3. The summed E-state index contributed by atoms with van der Waals surface area (Å²) in [5.41, 5.74) is 0.872. The van der Waals surface area contributed by atoms with Gasteiger partial charge in [0.15, 0.2) is 11.3 Å². The van der Waals surface area contributed by atoms with Crippen molar-refractivity contribution in [3.05, 3.63) is 64.6 Å². The van der Waals surface area contributed by atoms with E-state index in [0.717, 1.165) is 13.1 Å². The van der Waals surface area contributed by atoms with Crippen molar-refractivity contribution in [2.75, 3.05) is 54.9 Å². The van der Waals surface area contributed by atoms with E-state index in [1.165, 1.54) is 30.7 Å². The molecule has 3 amide bonds. The number of imidazole rings is 1. The number of benzene rings is 1. The molecule has 2 unspecified atom stereocenters. The first-order chi connectivity index (χ1) is 29.5. The molecule has 3 aliphatic heterocycles. The van der Waals surface area contributed by atoms with Gasteiger partial charge in [0.25, 0.3) is 18.3 Å². The number of hydrogen-bond donors (Lipinski definition) is 2. The highest BCUT2D eigenvalue weighted by atomic mass is 19.3. The van der Waals surface area contributed by atoms with Crippen molar-refractivity contribution < 1.29 is 31.9 Å². The number of carbonyl (C=O) groups excluding carboxylic acids is 3. The Morgan fingerprint density at radius 3 is 2.47 bits per heavy atom. The van der Waals surface area contributed by atoms with Crippen molar-refractivity contribution >= 4 is 51.6 Å². The Bertz CT molecular complexity index is 2620. The highest BCUT2D eigenvalue weighted by molar-refractivity contribution is 6.08. The molecule has 62 heavy (non-hydrogen) atoms. The van der Waals surface area contributed by atoms with Gasteiger partial charge in [-0.05, 0) is 75.1 Å². The Kier molecular flexibility index (Phi) is 10.4. The molecule has 20 heteroatoms. The number of imide groups is 1. The molecule has 4 fully saturated rings. The van der Waals surface area contributed by atoms with Gasteiger partial charge in [-0.25, -0.2) is 31.9 Å². The molecule has 330 valence electrons. The van der Waals surface area contributed by atoms with Crippen LogP contribution in [0.4, 0.5) is 34.8 Å². The van der Waals surface area contributed by atoms with Gasteiger partial charge in [0.2, 0.25) is 11.8 Å². The summed E-state index contributed by atoms with van der Waals surface area (Å²) in [6, 6.07) is 4.77. The van der Waals surface area contributed by atoms with E-state index in [9.17, 15) is 28.0 Å². The van der Waals surface area contributed by atoms with Crippen molar-refractivity contribution in [1.29, 1.82) is 0 Å². The largest absolute Gasteiger partial charge is 0.364 e. The van der Waals surface area contributed by atoms with Crippen LogP contribution >= 0.6 is 0 Å². The summed E-state index contributed by atoms with van der Waals surface area (Å²) in [6.45, 7) is 6.12. The molecule has 0 radical (unpaired) electrons. The van der Waals surface area contributed by atoms with Gasteiger partial charge in [0.05, 0.1) is 47.2 Å². The number of aryl methyl sites for hydroxylation is 1. The van der Waals surface area contributed by atoms with Crippen molar-refractivity contribution in [2.45, 2.75) is 89.3 Å². The third-order valence-corrected chi connectivity index (χ3v) is 13.2. The fourth-order valence-corrected chi connectivity index (χ4v) is 10.1. The Morgan fingerprint density at radius 2 is 1.77 bits per heavy atom. The van der Waals surface area contributed by atoms with E-state index in [-0.39, 0.29) is 47.9 Å². The highest BCUT2D eigenvalue weighted by Crippen LogP contribution is 2.40. The predicted octanol–water partition coefficient (Wildman–Crippen LogP) is 5.17. The lowest BCUT2D eigenvalue weighted by Gasteiger charge is -2.46. The van der Waals surface area contributed by atoms with Crippen LogP contribution in [-0.4, -0.2) is 108 Å². The normalized spacial score (nSPS) is 24.0. The molecule has 0 spiro atoms. The van der Waals surface area contributed by atoms with Gasteiger partial charge in [-0.1, -0.05) is 19.9 Å². The number of rotatable bonds is 10. The van der Waals surface area contributed by atoms with E-state index in [4.69, 9.17) is 0 Å². The summed E-state index contributed by atoms with van der Waals surface area (Å²) in [4.78, 5) is 61.5. The van der Waals surface area contributed by atoms with E-state index in [1.807, 2.05) is 6.07 Å². The molecule has 16 nitrogen and oxygen atoms in total. The SMILES string of the molecule is CN(C[C@H]1CC[C@H](n2cc(NC(=O)c3cnn4ccc(N5CC(C)(C)C5)nc34)c(C(F)F)n2)CC1)C1CCN(c2cccc3c2n(C)c(=O)n3C2CCC(=O)NC2=O)CC1(F)F. The first-order valence-electron chi connectivity index (χ1n) is 21.1. The van der Waals surface area contributed by atoms with E-state index < -0.39 is 60.1 Å². The lowest BCUT2D eigenvalue weighted by atomic mass is 9.84. The lowest BCUT2D eigenvalue weighted by molar-refractivity contribution is -0.135. The van der Waals surface area contributed by atoms with Gasteiger partial charge in [0.1, 0.15) is 17.4 Å². The molecule has 7 heterocycles. The van der Waals surface area contributed by atoms with Crippen LogP contribution in [0.3, 0.4) is 0 Å². The predicted molar refractivity (Wildman–Crippen MR) is 222 cm³/mol. The first kappa shape index (κ1) is 41.6. The first-order valence-corrected chi connectivity index (χ1v) is 21.1. The maximum absolute atomic E-state index is 16.2. The van der Waals surface area contributed by atoms with Gasteiger partial charge in [-0.15, -0.1) is 0 Å². The number of halogens is 4. The third kappa shape index (κ3) is 7.48. The van der Waals surface area contributed by atoms with Gasteiger partial charge >= 0.3 is 5.69 Å². The topological polar surface area (TPSA) is 160 Å². The maximum atomic E-state index is 16.2. The highest BCUT2D eigenvalue weighted by Gasteiger charge is 2.48. The van der Waals surface area contributed by atoms with Crippen LogP contribution in [0.5, 0.6) is 0 Å². The zero-order valence-corrected chi connectivity index (χ0v) is 35.0. The van der Waals surface area contributed by atoms with Gasteiger partial charge in [0, 0.05) is 52.0 Å². The number of hydrogen-bond acceptors (Lipinski definition) is 10. The number of carbonyl (C=O) groups is 3. The molecule has 2 atom stereocenters. The molecule has 9 rings (SSSR count). The second-order valence-electron chi connectivity index (χ2n) is 18.2. The molecule has 5 aromatic rings. The maximum Gasteiger partial charge on any atom is 0.329 e. The minimum absolute atomic E-state index is 0.0888. The van der Waals surface area contributed by atoms with Crippen LogP contribution in [0.2, 0.25) is 0 Å². The van der Waals surface area contributed by atoms with Crippen LogP contribution in [0, 0.1) is 11.3 Å². The second-order valence-corrected chi connectivity index (χ2v) is 18.2. The van der Waals surface area contributed by atoms with E-state index in [0.29, 0.717) is 67.0 Å². The average molecular weight is 863 g/mol. The number of nitrogens with one attached hydrogen (secondary N) is 2. The minimum atomic E-state index is -3.10. The van der Waals surface area contributed by atoms with Gasteiger partial charge < -0.3 is 15.1 Å². The van der Waals surface area contributed by atoms with Crippen molar-refractivity contribution in [3.63, 3.8) is 0 Å². The number of aromatic nitrogens is 7. The Hall–Kier alpha value is -5.79. The fraction of sp³-hybridized carbons (Fsp3) is 0.548. The minimum Gasteiger partial charge on any atom is -0.364 e. The Balaban J connectivity index is 0.826. The Labute approximate surface area is 353 Å². The molecule has 0 bridgehead atoms. The summed E-state index contributed by atoms with van der Waals surface area (Å²) in [6.07, 6.45) is 4.55. The van der Waals surface area contributed by atoms with Crippen LogP contribution in [0.15, 0.2) is 47.7 Å².